The lowest BCUT2D eigenvalue weighted by molar-refractivity contribution is -0.124. The van der Waals surface area contributed by atoms with E-state index in [1.807, 2.05) is 27.7 Å². The van der Waals surface area contributed by atoms with Crippen molar-refractivity contribution in [1.82, 2.24) is 10.6 Å². The predicted molar refractivity (Wildman–Crippen MR) is 90.5 cm³/mol. The highest BCUT2D eigenvalue weighted by molar-refractivity contribution is 5.97. The highest BCUT2D eigenvalue weighted by Crippen LogP contribution is 2.23. The van der Waals surface area contributed by atoms with Crippen molar-refractivity contribution in [3.63, 3.8) is 0 Å². The zero-order valence-electron chi connectivity index (χ0n) is 14.7. The van der Waals surface area contributed by atoms with Crippen LogP contribution in [-0.2, 0) is 9.53 Å². The second-order valence-electron chi connectivity index (χ2n) is 7.46. The van der Waals surface area contributed by atoms with Gasteiger partial charge in [0.15, 0.2) is 0 Å². The molecule has 24 heavy (non-hydrogen) atoms. The minimum Gasteiger partial charge on any atom is -0.472 e. The molecule has 0 unspecified atom stereocenters. The van der Waals surface area contributed by atoms with Crippen LogP contribution in [0.3, 0.4) is 0 Å². The summed E-state index contributed by atoms with van der Waals surface area (Å²) in [6, 6.07) is 0.689. The second kappa shape index (κ2) is 7.21. The van der Waals surface area contributed by atoms with Crippen molar-refractivity contribution in [2.75, 3.05) is 6.61 Å². The monoisotopic (exact) mass is 334 g/mol. The molecule has 1 aliphatic heterocycles. The van der Waals surface area contributed by atoms with Crippen LogP contribution in [-0.4, -0.2) is 36.6 Å². The molecular formula is C18H26N2O4. The Kier molecular flexibility index (Phi) is 5.49. The van der Waals surface area contributed by atoms with Gasteiger partial charge in [-0.15, -0.1) is 0 Å². The summed E-state index contributed by atoms with van der Waals surface area (Å²) < 4.78 is 10.4. The molecule has 0 radical (unpaired) electrons. The average molecular weight is 334 g/mol. The Hall–Kier alpha value is -2.08. The number of hydrogen-bond acceptors (Lipinski definition) is 4. The number of hydrogen-bond donors (Lipinski definition) is 2. The smallest absolute Gasteiger partial charge is 0.255 e. The molecule has 0 saturated carbocycles. The first kappa shape index (κ1) is 18.3. The molecule has 1 saturated heterocycles. The van der Waals surface area contributed by atoms with Crippen LogP contribution in [0.25, 0.3) is 0 Å². The minimum absolute atomic E-state index is 0.124. The number of ether oxygens (including phenoxy) is 1. The Labute approximate surface area is 142 Å². The van der Waals surface area contributed by atoms with E-state index in [-0.39, 0.29) is 29.4 Å². The van der Waals surface area contributed by atoms with E-state index in [1.165, 1.54) is 12.5 Å². The number of rotatable bonds is 5. The van der Waals surface area contributed by atoms with Gasteiger partial charge in [-0.25, -0.2) is 0 Å². The molecule has 3 atom stereocenters. The van der Waals surface area contributed by atoms with Crippen LogP contribution < -0.4 is 10.6 Å². The molecule has 1 aliphatic rings. The molecule has 0 aromatic carbocycles. The van der Waals surface area contributed by atoms with Crippen molar-refractivity contribution in [2.24, 2.45) is 5.41 Å². The summed E-state index contributed by atoms with van der Waals surface area (Å²) in [6.07, 6.45) is 3.17. The van der Waals surface area contributed by atoms with Gasteiger partial charge in [0, 0.05) is 0 Å². The van der Waals surface area contributed by atoms with Crippen molar-refractivity contribution in [1.29, 1.82) is 0 Å². The quantitative estimate of drug-likeness (QED) is 0.810. The standard InChI is InChI=1S/C18H26N2O4/c1-11-9-24-12(2)15(11)20-17(22)14(8-18(3,4)5)19-16(21)13-6-7-23-10-13/h6-7,10,12,14-15H,1,8-9H2,2-5H3,(H,19,21)(H,20,22)/t12-,14-,15+/m0/s1. The first-order valence-electron chi connectivity index (χ1n) is 8.10. The number of carbonyl (C=O) groups is 2. The third-order valence-electron chi connectivity index (χ3n) is 3.96. The normalized spacial score (nSPS) is 22.2. The molecule has 2 N–H and O–H groups in total. The Morgan fingerprint density at radius 2 is 2.12 bits per heavy atom. The Morgan fingerprint density at radius 1 is 1.42 bits per heavy atom. The van der Waals surface area contributed by atoms with E-state index in [9.17, 15) is 9.59 Å². The molecule has 1 fully saturated rings. The van der Waals surface area contributed by atoms with E-state index in [1.54, 1.807) is 6.07 Å². The lowest BCUT2D eigenvalue weighted by atomic mass is 9.87. The van der Waals surface area contributed by atoms with Crippen LogP contribution in [0, 0.1) is 5.41 Å². The Balaban J connectivity index is 2.08. The third-order valence-corrected chi connectivity index (χ3v) is 3.96. The fourth-order valence-electron chi connectivity index (χ4n) is 2.69. The van der Waals surface area contributed by atoms with E-state index in [2.05, 4.69) is 17.2 Å². The largest absolute Gasteiger partial charge is 0.472 e. The van der Waals surface area contributed by atoms with Crippen LogP contribution in [0.4, 0.5) is 0 Å². The van der Waals surface area contributed by atoms with Gasteiger partial charge in [-0.2, -0.15) is 0 Å². The fraction of sp³-hybridized carbons (Fsp3) is 0.556. The van der Waals surface area contributed by atoms with Crippen molar-refractivity contribution in [2.45, 2.75) is 52.3 Å². The van der Waals surface area contributed by atoms with E-state index >= 15 is 0 Å². The summed E-state index contributed by atoms with van der Waals surface area (Å²) in [4.78, 5) is 25.0. The molecule has 6 nitrogen and oxygen atoms in total. The summed E-state index contributed by atoms with van der Waals surface area (Å²) in [5.41, 5.74) is 1.11. The summed E-state index contributed by atoms with van der Waals surface area (Å²) >= 11 is 0. The SMILES string of the molecule is C=C1CO[C@@H](C)[C@@H]1NC(=O)[C@H](CC(C)(C)C)NC(=O)c1ccoc1. The van der Waals surface area contributed by atoms with Gasteiger partial charge in [0.25, 0.3) is 5.91 Å². The third kappa shape index (κ3) is 4.71. The molecule has 2 heterocycles. The van der Waals surface area contributed by atoms with Gasteiger partial charge in [-0.05, 0) is 30.4 Å². The molecular weight excluding hydrogens is 308 g/mol. The lowest BCUT2D eigenvalue weighted by Gasteiger charge is -2.28. The lowest BCUT2D eigenvalue weighted by Crippen LogP contribution is -2.52. The zero-order valence-corrected chi connectivity index (χ0v) is 14.7. The first-order valence-corrected chi connectivity index (χ1v) is 8.10. The predicted octanol–water partition coefficient (Wildman–Crippen LogP) is 2.27. The van der Waals surface area contributed by atoms with E-state index in [4.69, 9.17) is 9.15 Å². The number of furan rings is 1. The van der Waals surface area contributed by atoms with Crippen LogP contribution >= 0.6 is 0 Å². The Morgan fingerprint density at radius 3 is 2.62 bits per heavy atom. The van der Waals surface area contributed by atoms with E-state index in [0.29, 0.717) is 18.6 Å². The van der Waals surface area contributed by atoms with Crippen LogP contribution in [0.2, 0.25) is 0 Å². The van der Waals surface area contributed by atoms with Gasteiger partial charge >= 0.3 is 0 Å². The molecule has 1 aromatic heterocycles. The summed E-state index contributed by atoms with van der Waals surface area (Å²) in [6.45, 7) is 12.3. The summed E-state index contributed by atoms with van der Waals surface area (Å²) in [7, 11) is 0. The average Bonchev–Trinajstić information content (AvgIpc) is 3.10. The van der Waals surface area contributed by atoms with Crippen molar-refractivity contribution in [3.8, 4) is 0 Å². The van der Waals surface area contributed by atoms with E-state index in [0.717, 1.165) is 5.57 Å². The maximum atomic E-state index is 12.7. The van der Waals surface area contributed by atoms with Crippen LogP contribution in [0.1, 0.15) is 44.5 Å². The van der Waals surface area contributed by atoms with Crippen LogP contribution in [0.5, 0.6) is 0 Å². The van der Waals surface area contributed by atoms with Gasteiger partial charge < -0.3 is 19.8 Å². The molecule has 0 spiro atoms. The maximum Gasteiger partial charge on any atom is 0.255 e. The minimum atomic E-state index is -0.645. The fourth-order valence-corrected chi connectivity index (χ4v) is 2.69. The number of amides is 2. The van der Waals surface area contributed by atoms with Gasteiger partial charge in [-0.1, -0.05) is 27.4 Å². The van der Waals surface area contributed by atoms with Gasteiger partial charge in [0.1, 0.15) is 12.3 Å². The highest BCUT2D eigenvalue weighted by Gasteiger charge is 2.33. The molecule has 2 rings (SSSR count). The maximum absolute atomic E-state index is 12.7. The molecule has 6 heteroatoms. The van der Waals surface area contributed by atoms with Gasteiger partial charge in [-0.3, -0.25) is 9.59 Å². The van der Waals surface area contributed by atoms with Crippen molar-refractivity contribution >= 4 is 11.8 Å². The topological polar surface area (TPSA) is 80.6 Å². The van der Waals surface area contributed by atoms with Gasteiger partial charge in [0.05, 0.1) is 30.6 Å². The molecule has 2 amide bonds. The number of nitrogens with one attached hydrogen (secondary N) is 2. The number of carbonyl (C=O) groups excluding carboxylic acids is 2. The first-order chi connectivity index (χ1) is 11.2. The summed E-state index contributed by atoms with van der Waals surface area (Å²) in [5, 5.41) is 5.75. The van der Waals surface area contributed by atoms with Crippen molar-refractivity contribution in [3.05, 3.63) is 36.3 Å². The zero-order chi connectivity index (χ0) is 17.9. The van der Waals surface area contributed by atoms with Gasteiger partial charge in [0.2, 0.25) is 5.91 Å². The van der Waals surface area contributed by atoms with Crippen molar-refractivity contribution < 1.29 is 18.7 Å². The van der Waals surface area contributed by atoms with E-state index < -0.39 is 6.04 Å². The molecule has 0 bridgehead atoms. The summed E-state index contributed by atoms with van der Waals surface area (Å²) in [5.74, 6) is -0.562. The highest BCUT2D eigenvalue weighted by atomic mass is 16.5. The molecule has 132 valence electrons. The molecule has 0 aliphatic carbocycles. The second-order valence-corrected chi connectivity index (χ2v) is 7.46. The molecule has 1 aromatic rings. The van der Waals surface area contributed by atoms with Crippen LogP contribution in [0.15, 0.2) is 35.2 Å². The Bertz CT molecular complexity index is 601.